The van der Waals surface area contributed by atoms with Crippen LogP contribution in [0.3, 0.4) is 0 Å². The maximum atomic E-state index is 13.0. The Labute approximate surface area is 150 Å². The zero-order valence-electron chi connectivity index (χ0n) is 15.1. The minimum absolute atomic E-state index is 0.147. The van der Waals surface area contributed by atoms with Gasteiger partial charge in [0.1, 0.15) is 5.75 Å². The van der Waals surface area contributed by atoms with Crippen LogP contribution in [0.5, 0.6) is 5.75 Å². The van der Waals surface area contributed by atoms with E-state index >= 15 is 0 Å². The summed E-state index contributed by atoms with van der Waals surface area (Å²) in [5, 5.41) is 3.39. The first-order valence-electron chi connectivity index (χ1n) is 9.85. The standard InChI is InChI=1S/C21H30N2O2/c1-25-18-9-7-14(8-10-18)20(13-5-6-13)23-21(24)17-11-15-3-2-4-16(12-17)19(15)22/h7-10,13,15-17,19-20H,2-6,11-12,22H2,1H3,(H,23,24). The van der Waals surface area contributed by atoms with Crippen molar-refractivity contribution in [2.75, 3.05) is 7.11 Å². The van der Waals surface area contributed by atoms with Crippen LogP contribution in [0, 0.1) is 23.7 Å². The van der Waals surface area contributed by atoms with Gasteiger partial charge in [-0.15, -0.1) is 0 Å². The van der Waals surface area contributed by atoms with Gasteiger partial charge >= 0.3 is 0 Å². The van der Waals surface area contributed by atoms with Crippen molar-refractivity contribution >= 4 is 5.91 Å². The molecule has 2 bridgehead atoms. The Morgan fingerprint density at radius 1 is 1.12 bits per heavy atom. The van der Waals surface area contributed by atoms with E-state index in [4.69, 9.17) is 10.5 Å². The van der Waals surface area contributed by atoms with Crippen molar-refractivity contribution in [2.24, 2.45) is 29.4 Å². The summed E-state index contributed by atoms with van der Waals surface area (Å²) in [6.07, 6.45) is 8.05. The second kappa shape index (κ2) is 6.99. The average Bonchev–Trinajstić information content (AvgIpc) is 3.44. The molecule has 0 spiro atoms. The summed E-state index contributed by atoms with van der Waals surface area (Å²) in [5.41, 5.74) is 7.58. The van der Waals surface area contributed by atoms with Crippen molar-refractivity contribution in [3.05, 3.63) is 29.8 Å². The maximum Gasteiger partial charge on any atom is 0.223 e. The van der Waals surface area contributed by atoms with E-state index in [0.717, 1.165) is 18.6 Å². The number of rotatable bonds is 5. The predicted molar refractivity (Wildman–Crippen MR) is 98.1 cm³/mol. The number of hydrogen-bond donors (Lipinski definition) is 2. The lowest BCUT2D eigenvalue weighted by atomic mass is 9.65. The average molecular weight is 342 g/mol. The van der Waals surface area contributed by atoms with Gasteiger partial charge in [0, 0.05) is 12.0 Å². The zero-order valence-corrected chi connectivity index (χ0v) is 15.1. The first-order chi connectivity index (χ1) is 12.2. The molecule has 3 unspecified atom stereocenters. The molecule has 1 amide bonds. The van der Waals surface area contributed by atoms with Gasteiger partial charge in [0.15, 0.2) is 0 Å². The number of fused-ring (bicyclic) bond motifs is 2. The van der Waals surface area contributed by atoms with Crippen LogP contribution in [0.4, 0.5) is 0 Å². The monoisotopic (exact) mass is 342 g/mol. The molecule has 4 heteroatoms. The maximum absolute atomic E-state index is 13.0. The fourth-order valence-corrected chi connectivity index (χ4v) is 4.99. The molecule has 1 aromatic carbocycles. The number of amides is 1. The molecule has 25 heavy (non-hydrogen) atoms. The van der Waals surface area contributed by atoms with Crippen LogP contribution in [0.25, 0.3) is 0 Å². The molecule has 3 atom stereocenters. The van der Waals surface area contributed by atoms with Crippen molar-refractivity contribution in [1.82, 2.24) is 5.32 Å². The highest BCUT2D eigenvalue weighted by Gasteiger charge is 2.42. The molecule has 0 heterocycles. The lowest BCUT2D eigenvalue weighted by molar-refractivity contribution is -0.128. The summed E-state index contributed by atoms with van der Waals surface area (Å²) in [7, 11) is 1.68. The summed E-state index contributed by atoms with van der Waals surface area (Å²) >= 11 is 0. The van der Waals surface area contributed by atoms with E-state index in [1.54, 1.807) is 7.11 Å². The highest BCUT2D eigenvalue weighted by Crippen LogP contribution is 2.44. The quantitative estimate of drug-likeness (QED) is 0.862. The van der Waals surface area contributed by atoms with Crippen molar-refractivity contribution in [3.8, 4) is 5.75 Å². The molecule has 1 aromatic rings. The number of carbonyl (C=O) groups excluding carboxylic acids is 1. The van der Waals surface area contributed by atoms with Gasteiger partial charge in [-0.2, -0.15) is 0 Å². The van der Waals surface area contributed by atoms with E-state index in [1.165, 1.54) is 37.7 Å². The van der Waals surface area contributed by atoms with Gasteiger partial charge in [-0.1, -0.05) is 18.6 Å². The normalized spacial score (nSPS) is 32.7. The molecule has 4 nitrogen and oxygen atoms in total. The van der Waals surface area contributed by atoms with Gasteiger partial charge in [-0.25, -0.2) is 0 Å². The molecule has 0 aromatic heterocycles. The molecule has 3 saturated carbocycles. The summed E-state index contributed by atoms with van der Waals surface area (Å²) < 4.78 is 5.25. The van der Waals surface area contributed by atoms with Crippen LogP contribution in [0.15, 0.2) is 24.3 Å². The van der Waals surface area contributed by atoms with Crippen LogP contribution < -0.4 is 15.8 Å². The van der Waals surface area contributed by atoms with Gasteiger partial charge in [0.2, 0.25) is 5.91 Å². The van der Waals surface area contributed by atoms with Crippen LogP contribution in [-0.2, 0) is 4.79 Å². The van der Waals surface area contributed by atoms with Crippen LogP contribution in [0.2, 0.25) is 0 Å². The van der Waals surface area contributed by atoms with Crippen LogP contribution >= 0.6 is 0 Å². The van der Waals surface area contributed by atoms with Crippen LogP contribution in [-0.4, -0.2) is 19.1 Å². The Hall–Kier alpha value is -1.55. The third-order valence-electron chi connectivity index (χ3n) is 6.65. The van der Waals surface area contributed by atoms with Crippen molar-refractivity contribution in [2.45, 2.75) is 57.0 Å². The minimum atomic E-state index is 0.147. The molecular formula is C21H30N2O2. The SMILES string of the molecule is COc1ccc(C(NC(=O)C2CC3CCCC(C2)C3N)C2CC2)cc1. The Bertz CT molecular complexity index is 597. The Kier molecular flexibility index (Phi) is 4.72. The number of carbonyl (C=O) groups is 1. The number of ether oxygens (including phenoxy) is 1. The zero-order chi connectivity index (χ0) is 17.4. The lowest BCUT2D eigenvalue weighted by Crippen LogP contribution is -2.49. The Morgan fingerprint density at radius 3 is 2.32 bits per heavy atom. The largest absolute Gasteiger partial charge is 0.497 e. The van der Waals surface area contributed by atoms with E-state index in [9.17, 15) is 4.79 Å². The van der Waals surface area contributed by atoms with E-state index < -0.39 is 0 Å². The lowest BCUT2D eigenvalue weighted by Gasteiger charge is -2.43. The highest BCUT2D eigenvalue weighted by molar-refractivity contribution is 5.79. The molecule has 0 saturated heterocycles. The van der Waals surface area contributed by atoms with Gasteiger partial charge in [-0.05, 0) is 74.0 Å². The summed E-state index contributed by atoms with van der Waals surface area (Å²) in [4.78, 5) is 13.0. The van der Waals surface area contributed by atoms with E-state index in [0.29, 0.717) is 23.8 Å². The number of nitrogens with two attached hydrogens (primary N) is 1. The number of methoxy groups -OCH3 is 1. The Balaban J connectivity index is 1.44. The number of hydrogen-bond acceptors (Lipinski definition) is 3. The summed E-state index contributed by atoms with van der Waals surface area (Å²) in [6.45, 7) is 0. The topological polar surface area (TPSA) is 64.3 Å². The van der Waals surface area contributed by atoms with Gasteiger partial charge in [0.25, 0.3) is 0 Å². The molecule has 4 rings (SSSR count). The third kappa shape index (κ3) is 3.55. The molecule has 136 valence electrons. The van der Waals surface area contributed by atoms with E-state index in [1.807, 2.05) is 12.1 Å². The smallest absolute Gasteiger partial charge is 0.223 e. The second-order valence-corrected chi connectivity index (χ2v) is 8.29. The summed E-state index contributed by atoms with van der Waals surface area (Å²) in [5.74, 6) is 2.93. The van der Waals surface area contributed by atoms with E-state index in [2.05, 4.69) is 17.4 Å². The minimum Gasteiger partial charge on any atom is -0.497 e. The first kappa shape index (κ1) is 16.9. The highest BCUT2D eigenvalue weighted by atomic mass is 16.5. The van der Waals surface area contributed by atoms with Crippen molar-refractivity contribution < 1.29 is 9.53 Å². The molecule has 0 radical (unpaired) electrons. The van der Waals surface area contributed by atoms with Gasteiger partial charge in [-0.3, -0.25) is 4.79 Å². The summed E-state index contributed by atoms with van der Waals surface area (Å²) in [6, 6.07) is 8.62. The van der Waals surface area contributed by atoms with Crippen molar-refractivity contribution in [1.29, 1.82) is 0 Å². The molecule has 3 fully saturated rings. The third-order valence-corrected chi connectivity index (χ3v) is 6.65. The van der Waals surface area contributed by atoms with Gasteiger partial charge < -0.3 is 15.8 Å². The number of nitrogens with one attached hydrogen (secondary N) is 1. The molecule has 3 aliphatic carbocycles. The first-order valence-corrected chi connectivity index (χ1v) is 9.85. The fourth-order valence-electron chi connectivity index (χ4n) is 4.99. The van der Waals surface area contributed by atoms with Crippen LogP contribution in [0.1, 0.15) is 56.6 Å². The van der Waals surface area contributed by atoms with Gasteiger partial charge in [0.05, 0.1) is 13.2 Å². The molecule has 0 aliphatic heterocycles. The second-order valence-electron chi connectivity index (χ2n) is 8.29. The molecule has 3 N–H and O–H groups in total. The molecule has 3 aliphatic rings. The predicted octanol–water partition coefficient (Wildman–Crippen LogP) is 3.42. The van der Waals surface area contributed by atoms with Crippen molar-refractivity contribution in [3.63, 3.8) is 0 Å². The molecular weight excluding hydrogens is 312 g/mol. The Morgan fingerprint density at radius 2 is 1.76 bits per heavy atom. The number of benzene rings is 1. The van der Waals surface area contributed by atoms with E-state index in [-0.39, 0.29) is 17.9 Å². The fraction of sp³-hybridized carbons (Fsp3) is 0.667.